The normalized spacial score (nSPS) is 14.5. The number of carbonyl (C=O) groups is 2. The number of amides is 1. The molecular weight excluding hydrogens is 506 g/mol. The summed E-state index contributed by atoms with van der Waals surface area (Å²) >= 11 is 3.08. The highest BCUT2D eigenvalue weighted by Crippen LogP contribution is 2.39. The van der Waals surface area contributed by atoms with Crippen LogP contribution in [0.15, 0.2) is 58.8 Å². The average Bonchev–Trinajstić information content (AvgIpc) is 3.60. The van der Waals surface area contributed by atoms with Crippen molar-refractivity contribution >= 4 is 50.9 Å². The molecule has 37 heavy (non-hydrogen) atoms. The van der Waals surface area contributed by atoms with E-state index >= 15 is 0 Å². The number of ether oxygens (including phenoxy) is 1. The zero-order chi connectivity index (χ0) is 25.8. The Balaban J connectivity index is 1.49. The second-order valence-electron chi connectivity index (χ2n) is 8.81. The third-order valence-corrected chi connectivity index (χ3v) is 7.81. The molecule has 0 spiro atoms. The van der Waals surface area contributed by atoms with Gasteiger partial charge >= 0.3 is 0 Å². The summed E-state index contributed by atoms with van der Waals surface area (Å²) in [6.45, 7) is 3.55. The number of allylic oxidation sites excluding steroid dienone is 1. The second-order valence-corrected chi connectivity index (χ2v) is 10.6. The number of likely N-dealkylation sites (N-methyl/N-ethyl adjacent to an activating group) is 1. The van der Waals surface area contributed by atoms with E-state index in [2.05, 4.69) is 16.1 Å². The van der Waals surface area contributed by atoms with Gasteiger partial charge < -0.3 is 10.1 Å². The van der Waals surface area contributed by atoms with E-state index in [4.69, 9.17) is 14.7 Å². The van der Waals surface area contributed by atoms with E-state index in [1.165, 1.54) is 22.4 Å². The third kappa shape index (κ3) is 5.71. The van der Waals surface area contributed by atoms with Crippen LogP contribution in [0, 0.1) is 0 Å². The number of hydrogen-bond acceptors (Lipinski definition) is 9. The summed E-state index contributed by atoms with van der Waals surface area (Å²) < 4.78 is 6.17. The van der Waals surface area contributed by atoms with Crippen LogP contribution < -0.4 is 15.5 Å². The van der Waals surface area contributed by atoms with Crippen LogP contribution in [0.3, 0.4) is 0 Å². The molecule has 1 aliphatic rings. The molecule has 0 unspecified atom stereocenters. The molecular formula is C27H27N5O3S2. The molecule has 0 radical (unpaired) electrons. The first kappa shape index (κ1) is 25.1. The van der Waals surface area contributed by atoms with Crippen LogP contribution >= 0.6 is 22.7 Å². The predicted octanol–water partition coefficient (Wildman–Crippen LogP) is 5.15. The number of piperidine rings is 1. The van der Waals surface area contributed by atoms with Crippen LogP contribution in [0.25, 0.3) is 32.0 Å². The molecule has 1 amide bonds. The minimum Gasteiger partial charge on any atom is -0.490 e. The molecule has 1 saturated heterocycles. The molecule has 0 bridgehead atoms. The quantitative estimate of drug-likeness (QED) is 0.184. The smallest absolute Gasteiger partial charge is 0.265 e. The van der Waals surface area contributed by atoms with Crippen molar-refractivity contribution in [3.05, 3.63) is 58.8 Å². The second kappa shape index (κ2) is 11.2. The van der Waals surface area contributed by atoms with Gasteiger partial charge in [-0.05, 0) is 67.6 Å². The van der Waals surface area contributed by atoms with Crippen molar-refractivity contribution in [1.29, 1.82) is 0 Å². The molecule has 4 heterocycles. The Morgan fingerprint density at radius 3 is 2.65 bits per heavy atom. The molecule has 0 atom stereocenters. The van der Waals surface area contributed by atoms with E-state index in [9.17, 15) is 9.59 Å². The molecule has 0 saturated carbocycles. The summed E-state index contributed by atoms with van der Waals surface area (Å²) in [5.74, 6) is 1.61. The van der Waals surface area contributed by atoms with Gasteiger partial charge in [-0.3, -0.25) is 20.0 Å². The molecule has 0 aliphatic carbocycles. The summed E-state index contributed by atoms with van der Waals surface area (Å²) in [5.41, 5.74) is 5.44. The van der Waals surface area contributed by atoms with Crippen molar-refractivity contribution in [3.63, 3.8) is 0 Å². The topological polar surface area (TPSA) is 96.5 Å². The zero-order valence-electron chi connectivity index (χ0n) is 20.6. The van der Waals surface area contributed by atoms with Gasteiger partial charge in [-0.2, -0.15) is 0 Å². The number of fused-ring (bicyclic) bond motifs is 1. The van der Waals surface area contributed by atoms with Crippen LogP contribution in [0.4, 0.5) is 5.82 Å². The lowest BCUT2D eigenvalue weighted by molar-refractivity contribution is -0.123. The molecule has 4 aromatic rings. The highest BCUT2D eigenvalue weighted by Gasteiger charge is 2.19. The van der Waals surface area contributed by atoms with E-state index in [1.807, 2.05) is 41.8 Å². The van der Waals surface area contributed by atoms with Crippen LogP contribution in [0.1, 0.15) is 19.8 Å². The first-order valence-electron chi connectivity index (χ1n) is 12.0. The Labute approximate surface area is 223 Å². The maximum atomic E-state index is 12.6. The summed E-state index contributed by atoms with van der Waals surface area (Å²) in [4.78, 5) is 35.0. The number of rotatable bonds is 8. The number of carbonyl (C=O) groups excluding carboxylic acids is 2. The standard InChI is InChI=1S/C27H27N5O3S2/c1-17(15-33)14-23(34)32(2)31-26-24-21(16-37-27(24)30-25(29-26)22-4-3-13-36-22)18-5-7-19(8-6-18)35-20-9-11-28-12-10-20/h3-8,13-16,20,28H,9-12H2,1-2H3,(H,29,30,31)/b17-14-. The van der Waals surface area contributed by atoms with Crippen molar-refractivity contribution in [2.75, 3.05) is 25.6 Å². The third-order valence-electron chi connectivity index (χ3n) is 6.07. The molecule has 1 fully saturated rings. The fourth-order valence-electron chi connectivity index (χ4n) is 4.11. The van der Waals surface area contributed by atoms with Gasteiger partial charge in [0.2, 0.25) is 0 Å². The lowest BCUT2D eigenvalue weighted by Gasteiger charge is -2.23. The van der Waals surface area contributed by atoms with Gasteiger partial charge in [0.15, 0.2) is 11.6 Å². The average molecular weight is 534 g/mol. The van der Waals surface area contributed by atoms with E-state index in [1.54, 1.807) is 25.3 Å². The van der Waals surface area contributed by atoms with Crippen molar-refractivity contribution < 1.29 is 14.3 Å². The Morgan fingerprint density at radius 2 is 1.95 bits per heavy atom. The van der Waals surface area contributed by atoms with E-state index in [0.717, 1.165) is 57.9 Å². The van der Waals surface area contributed by atoms with E-state index in [-0.39, 0.29) is 12.0 Å². The number of nitrogens with zero attached hydrogens (tertiary/aromatic N) is 3. The number of hydrazine groups is 1. The van der Waals surface area contributed by atoms with Gasteiger partial charge in [-0.25, -0.2) is 9.97 Å². The van der Waals surface area contributed by atoms with Crippen LogP contribution in [0.2, 0.25) is 0 Å². The van der Waals surface area contributed by atoms with Gasteiger partial charge in [0.05, 0.1) is 10.3 Å². The van der Waals surface area contributed by atoms with Crippen molar-refractivity contribution in [2.24, 2.45) is 0 Å². The Morgan fingerprint density at radius 1 is 1.16 bits per heavy atom. The minimum atomic E-state index is -0.356. The maximum Gasteiger partial charge on any atom is 0.265 e. The molecule has 8 nitrogen and oxygen atoms in total. The monoisotopic (exact) mass is 533 g/mol. The number of hydrogen-bond donors (Lipinski definition) is 2. The van der Waals surface area contributed by atoms with Crippen molar-refractivity contribution in [3.8, 4) is 27.6 Å². The largest absolute Gasteiger partial charge is 0.490 e. The number of nitrogens with one attached hydrogen (secondary N) is 2. The van der Waals surface area contributed by atoms with E-state index < -0.39 is 0 Å². The number of thiophene rings is 2. The van der Waals surface area contributed by atoms with Crippen molar-refractivity contribution in [2.45, 2.75) is 25.9 Å². The molecule has 1 aliphatic heterocycles. The molecule has 1 aromatic carbocycles. The predicted molar refractivity (Wildman–Crippen MR) is 149 cm³/mol. The van der Waals surface area contributed by atoms with Gasteiger partial charge in [-0.1, -0.05) is 18.2 Å². The lowest BCUT2D eigenvalue weighted by Crippen LogP contribution is -2.34. The summed E-state index contributed by atoms with van der Waals surface area (Å²) in [7, 11) is 1.61. The SMILES string of the molecule is C/C(C=O)=C/C(=O)N(C)Nc1nc(-c2cccs2)nc2scc(-c3ccc(OC4CCNCC4)cc3)c12. The van der Waals surface area contributed by atoms with Gasteiger partial charge in [0.25, 0.3) is 5.91 Å². The number of benzene rings is 1. The summed E-state index contributed by atoms with van der Waals surface area (Å²) in [6.07, 6.45) is 4.18. The number of aldehydes is 1. The Kier molecular flexibility index (Phi) is 7.59. The molecule has 190 valence electrons. The highest BCUT2D eigenvalue weighted by atomic mass is 32.1. The Hall–Kier alpha value is -3.60. The first-order valence-corrected chi connectivity index (χ1v) is 13.8. The van der Waals surface area contributed by atoms with Crippen LogP contribution in [-0.2, 0) is 9.59 Å². The van der Waals surface area contributed by atoms with Gasteiger partial charge in [-0.15, -0.1) is 22.7 Å². The van der Waals surface area contributed by atoms with Crippen molar-refractivity contribution in [1.82, 2.24) is 20.3 Å². The fourth-order valence-corrected chi connectivity index (χ4v) is 5.71. The molecule has 10 heteroatoms. The zero-order valence-corrected chi connectivity index (χ0v) is 22.2. The summed E-state index contributed by atoms with van der Waals surface area (Å²) in [5, 5.41) is 9.54. The Bertz CT molecular complexity index is 1420. The van der Waals surface area contributed by atoms with Crippen LogP contribution in [0.5, 0.6) is 5.75 Å². The maximum absolute atomic E-state index is 12.6. The van der Waals surface area contributed by atoms with Gasteiger partial charge in [0, 0.05) is 24.1 Å². The summed E-state index contributed by atoms with van der Waals surface area (Å²) in [6, 6.07) is 12.0. The van der Waals surface area contributed by atoms with E-state index in [0.29, 0.717) is 23.5 Å². The molecule has 3 aromatic heterocycles. The highest BCUT2D eigenvalue weighted by molar-refractivity contribution is 7.17. The fraction of sp³-hybridized carbons (Fsp3) is 0.259. The van der Waals surface area contributed by atoms with Crippen LogP contribution in [-0.4, -0.2) is 53.4 Å². The lowest BCUT2D eigenvalue weighted by atomic mass is 10.1. The van der Waals surface area contributed by atoms with Gasteiger partial charge in [0.1, 0.15) is 23.0 Å². The molecule has 5 rings (SSSR count). The number of anilines is 1. The number of aromatic nitrogens is 2. The minimum absolute atomic E-state index is 0.235. The molecule has 2 N–H and O–H groups in total. The first-order chi connectivity index (χ1) is 18.0.